The Hall–Kier alpha value is -2.19. The van der Waals surface area contributed by atoms with E-state index in [2.05, 4.69) is 33.9 Å². The highest BCUT2D eigenvalue weighted by molar-refractivity contribution is 5.98. The highest BCUT2D eigenvalue weighted by Crippen LogP contribution is 2.59. The summed E-state index contributed by atoms with van der Waals surface area (Å²) in [5, 5.41) is 10.5. The normalized spacial score (nSPS) is 28.5. The predicted molar refractivity (Wildman–Crippen MR) is 155 cm³/mol. The second kappa shape index (κ2) is 12.4. The zero-order chi connectivity index (χ0) is 30.0. The molecule has 3 rings (SSSR count). The van der Waals surface area contributed by atoms with Crippen molar-refractivity contribution >= 4 is 17.8 Å². The summed E-state index contributed by atoms with van der Waals surface area (Å²) in [5.74, 6) is -2.34. The Morgan fingerprint density at radius 3 is 2.45 bits per heavy atom. The molecule has 226 valence electrons. The number of aliphatic hydroxyl groups is 1. The van der Waals surface area contributed by atoms with Crippen molar-refractivity contribution in [2.24, 2.45) is 23.2 Å². The summed E-state index contributed by atoms with van der Waals surface area (Å²) in [4.78, 5) is 45.9. The summed E-state index contributed by atoms with van der Waals surface area (Å²) in [6.45, 7) is 22.5. The van der Waals surface area contributed by atoms with Crippen molar-refractivity contribution in [3.63, 3.8) is 0 Å². The SMILES string of the molecule is C=CCCCOC(=O)[C@@H]1[C@H]2C(=O)N([C@@H](CO)CC(C)C)C(C(=O)N(CC=C)C(C)(C)CC(C)(C)C)C23CC[C@H]1O3. The number of ether oxygens (including phenoxy) is 2. The fourth-order valence-electron chi connectivity index (χ4n) is 7.65. The number of fused-ring (bicyclic) bond motifs is 1. The van der Waals surface area contributed by atoms with Gasteiger partial charge in [-0.25, -0.2) is 0 Å². The third-order valence-electron chi connectivity index (χ3n) is 8.66. The van der Waals surface area contributed by atoms with Gasteiger partial charge >= 0.3 is 5.97 Å². The van der Waals surface area contributed by atoms with Crippen molar-refractivity contribution in [1.29, 1.82) is 0 Å². The minimum atomic E-state index is -1.13. The van der Waals surface area contributed by atoms with Crippen LogP contribution in [0.15, 0.2) is 25.3 Å². The fourth-order valence-corrected chi connectivity index (χ4v) is 7.65. The number of allylic oxidation sites excluding steroid dienone is 1. The average molecular weight is 561 g/mol. The summed E-state index contributed by atoms with van der Waals surface area (Å²) in [7, 11) is 0. The Kier molecular flexibility index (Phi) is 9.99. The van der Waals surface area contributed by atoms with Crippen molar-refractivity contribution in [3.05, 3.63) is 25.3 Å². The van der Waals surface area contributed by atoms with Crippen molar-refractivity contribution in [1.82, 2.24) is 9.80 Å². The van der Waals surface area contributed by atoms with Crippen LogP contribution < -0.4 is 0 Å². The molecule has 0 radical (unpaired) electrons. The van der Waals surface area contributed by atoms with Gasteiger partial charge in [-0.15, -0.1) is 13.2 Å². The van der Waals surface area contributed by atoms with Gasteiger partial charge in [-0.1, -0.05) is 46.8 Å². The van der Waals surface area contributed by atoms with Crippen molar-refractivity contribution < 1.29 is 29.0 Å². The van der Waals surface area contributed by atoms with Crippen LogP contribution in [0.3, 0.4) is 0 Å². The van der Waals surface area contributed by atoms with Gasteiger partial charge in [0.2, 0.25) is 11.8 Å². The standard InChI is InChI=1S/C32H52N2O6/c1-10-12-13-17-39-29(38)24-23-14-15-32(40-23)25(24)27(36)34(22(19-35)18-21(3)4)26(32)28(37)33(16-11-2)31(8,9)20-30(5,6)7/h10-11,21-26,35H,1-2,12-20H2,3-9H3/t22-,23-,24+,25+,26?,32?/m1/s1. The lowest BCUT2D eigenvalue weighted by atomic mass is 9.70. The molecular formula is C32H52N2O6. The minimum Gasteiger partial charge on any atom is -0.465 e. The molecule has 0 saturated carbocycles. The maximum Gasteiger partial charge on any atom is 0.312 e. The number of amides is 2. The van der Waals surface area contributed by atoms with Gasteiger partial charge in [0.15, 0.2) is 0 Å². The quantitative estimate of drug-likeness (QED) is 0.191. The van der Waals surface area contributed by atoms with Gasteiger partial charge in [-0.3, -0.25) is 14.4 Å². The van der Waals surface area contributed by atoms with Crippen LogP contribution in [0, 0.1) is 23.2 Å². The number of nitrogens with zero attached hydrogens (tertiary/aromatic N) is 2. The predicted octanol–water partition coefficient (Wildman–Crippen LogP) is 4.51. The van der Waals surface area contributed by atoms with E-state index >= 15 is 0 Å². The number of rotatable bonds is 14. The highest BCUT2D eigenvalue weighted by atomic mass is 16.6. The lowest BCUT2D eigenvalue weighted by Crippen LogP contribution is -2.62. The molecule has 40 heavy (non-hydrogen) atoms. The molecule has 0 aromatic heterocycles. The second-order valence-electron chi connectivity index (χ2n) is 14.2. The molecule has 0 aromatic rings. The van der Waals surface area contributed by atoms with Crippen molar-refractivity contribution in [2.45, 2.75) is 116 Å². The summed E-state index contributed by atoms with van der Waals surface area (Å²) in [5.41, 5.74) is -1.73. The molecule has 8 nitrogen and oxygen atoms in total. The second-order valence-corrected chi connectivity index (χ2v) is 14.2. The number of carbonyl (C=O) groups is 3. The van der Waals surface area contributed by atoms with E-state index in [1.807, 2.05) is 32.6 Å². The van der Waals surface area contributed by atoms with Crippen LogP contribution in [-0.2, 0) is 23.9 Å². The van der Waals surface area contributed by atoms with E-state index in [0.717, 1.165) is 12.8 Å². The molecule has 2 unspecified atom stereocenters. The number of hydrogen-bond donors (Lipinski definition) is 1. The van der Waals surface area contributed by atoms with E-state index in [-0.39, 0.29) is 36.4 Å². The molecule has 3 fully saturated rings. The van der Waals surface area contributed by atoms with E-state index in [0.29, 0.717) is 32.2 Å². The number of likely N-dealkylation sites (tertiary alicyclic amines) is 1. The van der Waals surface area contributed by atoms with E-state index in [9.17, 15) is 19.5 Å². The van der Waals surface area contributed by atoms with E-state index in [4.69, 9.17) is 9.47 Å². The first-order valence-corrected chi connectivity index (χ1v) is 15.0. The van der Waals surface area contributed by atoms with Crippen molar-refractivity contribution in [3.8, 4) is 0 Å². The van der Waals surface area contributed by atoms with Gasteiger partial charge in [-0.05, 0) is 63.7 Å². The third-order valence-corrected chi connectivity index (χ3v) is 8.66. The topological polar surface area (TPSA) is 96.4 Å². The van der Waals surface area contributed by atoms with E-state index < -0.39 is 47.1 Å². The maximum absolute atomic E-state index is 14.8. The molecule has 1 N–H and O–H groups in total. The van der Waals surface area contributed by atoms with E-state index in [1.54, 1.807) is 17.1 Å². The molecule has 8 heteroatoms. The monoisotopic (exact) mass is 560 g/mol. The van der Waals surface area contributed by atoms with Gasteiger partial charge in [0.05, 0.1) is 37.2 Å². The summed E-state index contributed by atoms with van der Waals surface area (Å²) < 4.78 is 12.2. The smallest absolute Gasteiger partial charge is 0.312 e. The Balaban J connectivity index is 2.07. The Labute approximate surface area is 241 Å². The van der Waals surface area contributed by atoms with Gasteiger partial charge in [-0.2, -0.15) is 0 Å². The third kappa shape index (κ3) is 6.18. The van der Waals surface area contributed by atoms with Crippen LogP contribution in [0.25, 0.3) is 0 Å². The fraction of sp³-hybridized carbons (Fsp3) is 0.781. The van der Waals surface area contributed by atoms with Crippen LogP contribution >= 0.6 is 0 Å². The lowest BCUT2D eigenvalue weighted by Gasteiger charge is -2.46. The Morgan fingerprint density at radius 2 is 1.90 bits per heavy atom. The van der Waals surface area contributed by atoms with Gasteiger partial charge < -0.3 is 24.4 Å². The number of hydrogen-bond acceptors (Lipinski definition) is 6. The molecule has 0 aliphatic carbocycles. The van der Waals surface area contributed by atoms with Crippen LogP contribution in [0.4, 0.5) is 0 Å². The van der Waals surface area contributed by atoms with E-state index in [1.165, 1.54) is 0 Å². The van der Waals surface area contributed by atoms with Crippen LogP contribution in [0.5, 0.6) is 0 Å². The van der Waals surface area contributed by atoms with Gasteiger partial charge in [0.25, 0.3) is 0 Å². The van der Waals surface area contributed by atoms with Crippen LogP contribution in [0.1, 0.15) is 87.0 Å². The first-order chi connectivity index (χ1) is 18.6. The molecular weight excluding hydrogens is 508 g/mol. The summed E-state index contributed by atoms with van der Waals surface area (Å²) in [6, 6.07) is -1.51. The van der Waals surface area contributed by atoms with Crippen LogP contribution in [0.2, 0.25) is 0 Å². The first-order valence-electron chi connectivity index (χ1n) is 15.0. The number of aliphatic hydroxyl groups excluding tert-OH is 1. The molecule has 3 aliphatic heterocycles. The summed E-state index contributed by atoms with van der Waals surface area (Å²) >= 11 is 0. The first kappa shape index (κ1) is 32.3. The van der Waals surface area contributed by atoms with Crippen LogP contribution in [-0.4, -0.2) is 81.8 Å². The molecule has 3 heterocycles. The lowest BCUT2D eigenvalue weighted by molar-refractivity contribution is -0.158. The van der Waals surface area contributed by atoms with Crippen molar-refractivity contribution in [2.75, 3.05) is 19.8 Å². The largest absolute Gasteiger partial charge is 0.465 e. The maximum atomic E-state index is 14.8. The minimum absolute atomic E-state index is 0.0523. The molecule has 3 aliphatic rings. The molecule has 3 saturated heterocycles. The van der Waals surface area contributed by atoms with Gasteiger partial charge in [0, 0.05) is 12.1 Å². The number of unbranched alkanes of at least 4 members (excludes halogenated alkanes) is 1. The molecule has 6 atom stereocenters. The number of esters is 1. The van der Waals surface area contributed by atoms with Gasteiger partial charge in [0.1, 0.15) is 11.6 Å². The molecule has 2 amide bonds. The average Bonchev–Trinajstić information content (AvgIpc) is 3.49. The summed E-state index contributed by atoms with van der Waals surface area (Å²) in [6.07, 6.45) is 6.75. The molecule has 1 spiro atoms. The number of carbonyl (C=O) groups excluding carboxylic acids is 3. The zero-order valence-electron chi connectivity index (χ0n) is 25.8. The highest BCUT2D eigenvalue weighted by Gasteiger charge is 2.76. The zero-order valence-corrected chi connectivity index (χ0v) is 25.8. The molecule has 0 aromatic carbocycles. The Morgan fingerprint density at radius 1 is 1.23 bits per heavy atom. The molecule has 2 bridgehead atoms. The Bertz CT molecular complexity index is 969.